The lowest BCUT2D eigenvalue weighted by molar-refractivity contribution is -0.192. The van der Waals surface area contributed by atoms with E-state index in [1.807, 2.05) is 0 Å². The number of ketones is 1. The summed E-state index contributed by atoms with van der Waals surface area (Å²) in [5.41, 5.74) is 0. The third-order valence-electron chi connectivity index (χ3n) is 8.33. The molecule has 2 saturated heterocycles. The molecule has 1 aromatic heterocycles. The van der Waals surface area contributed by atoms with Crippen molar-refractivity contribution in [3.05, 3.63) is 18.0 Å². The second-order valence-electron chi connectivity index (χ2n) is 11.5. The topological polar surface area (TPSA) is 108 Å². The number of hydrogen-bond donors (Lipinski definition) is 1. The van der Waals surface area contributed by atoms with Crippen molar-refractivity contribution in [3.63, 3.8) is 0 Å². The molecule has 4 rings (SSSR count). The van der Waals surface area contributed by atoms with Crippen molar-refractivity contribution in [3.8, 4) is 0 Å². The molecule has 3 aliphatic rings. The van der Waals surface area contributed by atoms with E-state index in [4.69, 9.17) is 18.9 Å². The first-order valence-corrected chi connectivity index (χ1v) is 15.7. The fourth-order valence-electron chi connectivity index (χ4n) is 6.08. The second kappa shape index (κ2) is 17.2. The van der Waals surface area contributed by atoms with Gasteiger partial charge in [0.15, 0.2) is 18.4 Å². The van der Waals surface area contributed by atoms with Crippen LogP contribution >= 0.6 is 0 Å². The number of ether oxygens (including phenoxy) is 4. The van der Waals surface area contributed by atoms with Gasteiger partial charge in [0, 0.05) is 37.9 Å². The Morgan fingerprint density at radius 2 is 1.79 bits per heavy atom. The Morgan fingerprint density at radius 1 is 1.00 bits per heavy atom. The van der Waals surface area contributed by atoms with Crippen LogP contribution in [-0.4, -0.2) is 64.4 Å². The Kier molecular flexibility index (Phi) is 13.4. The average molecular weight is 547 g/mol. The molecular weight excluding hydrogens is 496 g/mol. The monoisotopic (exact) mass is 546 g/mol. The Balaban J connectivity index is 1.35. The summed E-state index contributed by atoms with van der Waals surface area (Å²) < 4.78 is 24.7. The van der Waals surface area contributed by atoms with Gasteiger partial charge in [-0.2, -0.15) is 5.21 Å². The van der Waals surface area contributed by atoms with Crippen molar-refractivity contribution in [1.82, 2.24) is 20.6 Å². The quantitative estimate of drug-likeness (QED) is 0.191. The average Bonchev–Trinajstić information content (AvgIpc) is 3.58. The fraction of sp³-hybridized carbons (Fsp3) is 0.867. The molecule has 0 bridgehead atoms. The van der Waals surface area contributed by atoms with E-state index in [0.717, 1.165) is 109 Å². The van der Waals surface area contributed by atoms with E-state index in [1.54, 1.807) is 0 Å². The number of aromatic amines is 1. The van der Waals surface area contributed by atoms with Crippen LogP contribution in [0.5, 0.6) is 0 Å². The standard InChI is InChI=1S/C30H50N4O5/c1-2-3-6-13-23(38-29-16-9-11-20-36-29)18-19-25-24(14-7-4-5-8-15-28-31-33-34-32-28)26(35)22-27(25)39-30-17-10-12-21-37-30/h18-19,23-25,27,29-30H,2-17,20-22H2,1H3,(H,31,32,33,34). The molecule has 1 N–H and O–H groups in total. The summed E-state index contributed by atoms with van der Waals surface area (Å²) in [4.78, 5) is 13.3. The van der Waals surface area contributed by atoms with E-state index in [0.29, 0.717) is 12.2 Å². The fourth-order valence-corrected chi connectivity index (χ4v) is 6.08. The zero-order valence-electron chi connectivity index (χ0n) is 23.9. The molecule has 39 heavy (non-hydrogen) atoms. The highest BCUT2D eigenvalue weighted by molar-refractivity contribution is 5.84. The van der Waals surface area contributed by atoms with Crippen LogP contribution in [0.4, 0.5) is 0 Å². The van der Waals surface area contributed by atoms with Gasteiger partial charge in [0.05, 0.1) is 12.2 Å². The molecule has 1 aliphatic carbocycles. The smallest absolute Gasteiger partial charge is 0.174 e. The number of carbonyl (C=O) groups excluding carboxylic acids is 1. The van der Waals surface area contributed by atoms with Crippen molar-refractivity contribution in [2.75, 3.05) is 13.2 Å². The van der Waals surface area contributed by atoms with Crippen molar-refractivity contribution >= 4 is 5.78 Å². The van der Waals surface area contributed by atoms with Crippen LogP contribution < -0.4 is 0 Å². The molecule has 0 spiro atoms. The number of unbranched alkanes of at least 4 members (excludes halogenated alkanes) is 5. The molecule has 220 valence electrons. The number of hydrogen-bond acceptors (Lipinski definition) is 8. The van der Waals surface area contributed by atoms with Crippen LogP contribution in [0.1, 0.15) is 115 Å². The van der Waals surface area contributed by atoms with Gasteiger partial charge >= 0.3 is 0 Å². The van der Waals surface area contributed by atoms with Gasteiger partial charge in [-0.1, -0.05) is 62.8 Å². The Morgan fingerprint density at radius 3 is 2.51 bits per heavy atom. The number of aryl methyl sites for hydroxylation is 1. The van der Waals surface area contributed by atoms with Crippen LogP contribution in [0.15, 0.2) is 12.2 Å². The highest BCUT2D eigenvalue weighted by Crippen LogP contribution is 2.38. The van der Waals surface area contributed by atoms with Gasteiger partial charge in [-0.25, -0.2) is 0 Å². The summed E-state index contributed by atoms with van der Waals surface area (Å²) in [5.74, 6) is 1.16. The van der Waals surface area contributed by atoms with E-state index in [-0.39, 0.29) is 36.6 Å². The van der Waals surface area contributed by atoms with E-state index in [1.165, 1.54) is 12.8 Å². The molecule has 9 nitrogen and oxygen atoms in total. The van der Waals surface area contributed by atoms with Crippen molar-refractivity contribution in [2.45, 2.75) is 141 Å². The van der Waals surface area contributed by atoms with Gasteiger partial charge in [-0.15, -0.1) is 10.2 Å². The zero-order chi connectivity index (χ0) is 27.1. The van der Waals surface area contributed by atoms with Crippen molar-refractivity contribution in [1.29, 1.82) is 0 Å². The second-order valence-corrected chi connectivity index (χ2v) is 11.5. The van der Waals surface area contributed by atoms with E-state index < -0.39 is 0 Å². The summed E-state index contributed by atoms with van der Waals surface area (Å²) >= 11 is 0. The lowest BCUT2D eigenvalue weighted by Crippen LogP contribution is -2.31. The maximum Gasteiger partial charge on any atom is 0.174 e. The zero-order valence-corrected chi connectivity index (χ0v) is 23.9. The normalized spacial score (nSPS) is 28.8. The van der Waals surface area contributed by atoms with Crippen molar-refractivity contribution < 1.29 is 23.7 Å². The molecule has 9 heteroatoms. The highest BCUT2D eigenvalue weighted by Gasteiger charge is 2.42. The van der Waals surface area contributed by atoms with Gasteiger partial charge in [0.1, 0.15) is 5.78 Å². The Bertz CT molecular complexity index is 823. The van der Waals surface area contributed by atoms with E-state index >= 15 is 0 Å². The third kappa shape index (κ3) is 10.3. The molecule has 6 atom stereocenters. The summed E-state index contributed by atoms with van der Waals surface area (Å²) in [5, 5.41) is 14.2. The SMILES string of the molecule is CCCCCC(C=CC1C(OC2CCCCO2)CC(=O)C1CCCCCCc1nn[nH]n1)OC1CCCCO1. The molecule has 0 amide bonds. The summed E-state index contributed by atoms with van der Waals surface area (Å²) in [6.07, 6.45) is 21.3. The molecule has 1 aromatic rings. The first kappa shape index (κ1) is 30.3. The predicted octanol–water partition coefficient (Wildman–Crippen LogP) is 5.86. The molecule has 1 saturated carbocycles. The number of nitrogens with zero attached hydrogens (tertiary/aromatic N) is 3. The Hall–Kier alpha value is -1.68. The molecule has 3 heterocycles. The molecule has 0 aromatic carbocycles. The van der Waals surface area contributed by atoms with E-state index in [9.17, 15) is 4.79 Å². The number of rotatable bonds is 17. The molecule has 6 unspecified atom stereocenters. The Labute approximate surface area is 234 Å². The number of Topliss-reactive ketones (excluding diaryl/α,β-unsaturated/α-hetero) is 1. The largest absolute Gasteiger partial charge is 0.353 e. The number of nitrogens with one attached hydrogen (secondary N) is 1. The lowest BCUT2D eigenvalue weighted by Gasteiger charge is -2.29. The minimum atomic E-state index is -0.191. The van der Waals surface area contributed by atoms with Crippen LogP contribution in [0.25, 0.3) is 0 Å². The minimum Gasteiger partial charge on any atom is -0.353 e. The molecule has 0 radical (unpaired) electrons. The highest BCUT2D eigenvalue weighted by atomic mass is 16.7. The van der Waals surface area contributed by atoms with Gasteiger partial charge in [-0.3, -0.25) is 4.79 Å². The van der Waals surface area contributed by atoms with Crippen LogP contribution in [0, 0.1) is 11.8 Å². The van der Waals surface area contributed by atoms with Crippen LogP contribution in [0.2, 0.25) is 0 Å². The summed E-state index contributed by atoms with van der Waals surface area (Å²) in [7, 11) is 0. The number of aromatic nitrogens is 4. The van der Waals surface area contributed by atoms with Gasteiger partial charge in [-0.05, 0) is 57.8 Å². The first-order valence-electron chi connectivity index (χ1n) is 15.7. The third-order valence-corrected chi connectivity index (χ3v) is 8.33. The summed E-state index contributed by atoms with van der Waals surface area (Å²) in [6.45, 7) is 3.75. The van der Waals surface area contributed by atoms with E-state index in [2.05, 4.69) is 39.7 Å². The van der Waals surface area contributed by atoms with Gasteiger partial charge in [0.25, 0.3) is 0 Å². The number of carbonyl (C=O) groups is 1. The predicted molar refractivity (Wildman–Crippen MR) is 148 cm³/mol. The van der Waals surface area contributed by atoms with Gasteiger partial charge < -0.3 is 18.9 Å². The molecule has 3 fully saturated rings. The molecule has 2 aliphatic heterocycles. The van der Waals surface area contributed by atoms with Crippen LogP contribution in [-0.2, 0) is 30.2 Å². The maximum atomic E-state index is 13.3. The van der Waals surface area contributed by atoms with Gasteiger partial charge in [0.2, 0.25) is 0 Å². The lowest BCUT2D eigenvalue weighted by atomic mass is 9.88. The first-order chi connectivity index (χ1) is 19.2. The summed E-state index contributed by atoms with van der Waals surface area (Å²) in [6, 6.07) is 0. The number of H-pyrrole nitrogens is 1. The maximum absolute atomic E-state index is 13.3. The van der Waals surface area contributed by atoms with Crippen molar-refractivity contribution in [2.24, 2.45) is 11.8 Å². The van der Waals surface area contributed by atoms with Crippen LogP contribution in [0.3, 0.4) is 0 Å². The minimum absolute atomic E-state index is 0.00531. The number of tetrazole rings is 1. The molecular formula is C30H50N4O5.